The molecule has 0 spiro atoms. The molecule has 0 radical (unpaired) electrons. The lowest BCUT2D eigenvalue weighted by molar-refractivity contribution is 0.0697. The van der Waals surface area contributed by atoms with Crippen molar-refractivity contribution in [2.75, 3.05) is 0 Å². The summed E-state index contributed by atoms with van der Waals surface area (Å²) in [6, 6.07) is 5.24. The predicted octanol–water partition coefficient (Wildman–Crippen LogP) is 4.01. The number of aromatic nitrogens is 2. The summed E-state index contributed by atoms with van der Waals surface area (Å²) in [5, 5.41) is 9.09. The van der Waals surface area contributed by atoms with E-state index in [1.54, 1.807) is 12.1 Å². The van der Waals surface area contributed by atoms with Gasteiger partial charge >= 0.3 is 5.97 Å². The summed E-state index contributed by atoms with van der Waals surface area (Å²) in [5.41, 5.74) is 2.47. The van der Waals surface area contributed by atoms with Crippen molar-refractivity contribution in [2.45, 2.75) is 52.5 Å². The lowest BCUT2D eigenvalue weighted by Crippen LogP contribution is -2.26. The zero-order chi connectivity index (χ0) is 15.0. The Morgan fingerprint density at radius 2 is 2.05 bits per heavy atom. The fraction of sp³-hybridized carbons (Fsp3) is 0.529. The van der Waals surface area contributed by atoms with Gasteiger partial charge in [0.05, 0.1) is 16.6 Å². The number of aryl methyl sites for hydroxylation is 1. The molecule has 0 atom stereocenters. The van der Waals surface area contributed by atoms with Gasteiger partial charge in [0.2, 0.25) is 0 Å². The van der Waals surface area contributed by atoms with E-state index in [9.17, 15) is 4.79 Å². The minimum absolute atomic E-state index is 0.302. The van der Waals surface area contributed by atoms with Crippen LogP contribution in [-0.2, 0) is 6.54 Å². The Labute approximate surface area is 124 Å². The maximum Gasteiger partial charge on any atom is 0.335 e. The highest BCUT2D eigenvalue weighted by atomic mass is 16.4. The Hall–Kier alpha value is -1.84. The molecule has 0 unspecified atom stereocenters. The Kier molecular flexibility index (Phi) is 3.47. The number of fused-ring (bicyclic) bond motifs is 1. The van der Waals surface area contributed by atoms with Crippen molar-refractivity contribution in [3.8, 4) is 0 Å². The molecule has 3 rings (SSSR count). The van der Waals surface area contributed by atoms with Gasteiger partial charge in [0.1, 0.15) is 5.82 Å². The topological polar surface area (TPSA) is 55.1 Å². The van der Waals surface area contributed by atoms with Crippen LogP contribution in [0.25, 0.3) is 11.0 Å². The van der Waals surface area contributed by atoms with E-state index in [0.29, 0.717) is 11.0 Å². The van der Waals surface area contributed by atoms with Gasteiger partial charge in [-0.3, -0.25) is 0 Å². The van der Waals surface area contributed by atoms with Gasteiger partial charge in [-0.25, -0.2) is 9.78 Å². The largest absolute Gasteiger partial charge is 0.478 e. The molecular weight excluding hydrogens is 264 g/mol. The molecule has 1 fully saturated rings. The molecule has 4 nitrogen and oxygen atoms in total. The number of carboxylic acids is 1. The number of benzene rings is 1. The minimum atomic E-state index is -0.900. The molecule has 21 heavy (non-hydrogen) atoms. The minimum Gasteiger partial charge on any atom is -0.478 e. The lowest BCUT2D eigenvalue weighted by Gasteiger charge is -2.34. The maximum absolute atomic E-state index is 11.1. The van der Waals surface area contributed by atoms with Crippen LogP contribution in [0.5, 0.6) is 0 Å². The van der Waals surface area contributed by atoms with Crippen LogP contribution >= 0.6 is 0 Å². The first-order valence-electron chi connectivity index (χ1n) is 7.69. The zero-order valence-corrected chi connectivity index (χ0v) is 12.7. The van der Waals surface area contributed by atoms with Crippen LogP contribution < -0.4 is 0 Å². The Morgan fingerprint density at radius 3 is 2.71 bits per heavy atom. The number of imidazole rings is 1. The van der Waals surface area contributed by atoms with Crippen LogP contribution in [-0.4, -0.2) is 20.6 Å². The highest BCUT2D eigenvalue weighted by Crippen LogP contribution is 2.38. The summed E-state index contributed by atoms with van der Waals surface area (Å²) in [5.74, 6) is 0.0719. The second-order valence-electron chi connectivity index (χ2n) is 6.63. The maximum atomic E-state index is 11.1. The van der Waals surface area contributed by atoms with Crippen molar-refractivity contribution >= 4 is 17.0 Å². The molecule has 2 aromatic rings. The molecule has 0 saturated heterocycles. The summed E-state index contributed by atoms with van der Waals surface area (Å²) >= 11 is 0. The second kappa shape index (κ2) is 5.17. The Bertz CT molecular complexity index is 681. The normalized spacial score (nSPS) is 18.0. The monoisotopic (exact) mass is 286 g/mol. The Balaban J connectivity index is 1.98. The first-order chi connectivity index (χ1) is 9.98. The smallest absolute Gasteiger partial charge is 0.335 e. The summed E-state index contributed by atoms with van der Waals surface area (Å²) in [6.07, 6.45) is 6.50. The van der Waals surface area contributed by atoms with E-state index in [0.717, 1.165) is 23.4 Å². The van der Waals surface area contributed by atoms with Crippen LogP contribution in [0.3, 0.4) is 0 Å². The zero-order valence-electron chi connectivity index (χ0n) is 12.7. The number of rotatable bonds is 3. The van der Waals surface area contributed by atoms with E-state index < -0.39 is 5.97 Å². The molecule has 1 aromatic carbocycles. The highest BCUT2D eigenvalue weighted by molar-refractivity contribution is 5.92. The molecule has 1 heterocycles. The molecule has 4 heteroatoms. The fourth-order valence-corrected chi connectivity index (χ4v) is 3.53. The molecule has 1 aromatic heterocycles. The van der Waals surface area contributed by atoms with Gasteiger partial charge in [-0.05, 0) is 43.4 Å². The standard InChI is InChI=1S/C17H22N2O2/c1-12-18-14-10-13(16(20)21)6-7-15(14)19(12)11-17(2)8-4-3-5-9-17/h6-7,10H,3-5,8-9,11H2,1-2H3,(H,20,21). The fourth-order valence-electron chi connectivity index (χ4n) is 3.53. The SMILES string of the molecule is Cc1nc2cc(C(=O)O)ccc2n1CC1(C)CCCCC1. The summed E-state index contributed by atoms with van der Waals surface area (Å²) in [7, 11) is 0. The Morgan fingerprint density at radius 1 is 1.33 bits per heavy atom. The molecule has 0 bridgehead atoms. The van der Waals surface area contributed by atoms with Crippen LogP contribution in [0.15, 0.2) is 18.2 Å². The van der Waals surface area contributed by atoms with Gasteiger partial charge < -0.3 is 9.67 Å². The first kappa shape index (κ1) is 14.1. The average Bonchev–Trinajstić information content (AvgIpc) is 2.74. The quantitative estimate of drug-likeness (QED) is 0.927. The third-order valence-electron chi connectivity index (χ3n) is 4.79. The van der Waals surface area contributed by atoms with Gasteiger partial charge in [0.15, 0.2) is 0 Å². The molecule has 1 saturated carbocycles. The molecule has 0 aliphatic heterocycles. The molecule has 112 valence electrons. The average molecular weight is 286 g/mol. The van der Waals surface area contributed by atoms with E-state index >= 15 is 0 Å². The number of carbonyl (C=O) groups is 1. The van der Waals surface area contributed by atoms with Gasteiger partial charge in [0, 0.05) is 6.54 Å². The van der Waals surface area contributed by atoms with Crippen LogP contribution in [0, 0.1) is 12.3 Å². The molecule has 1 aliphatic rings. The first-order valence-corrected chi connectivity index (χ1v) is 7.69. The number of aromatic carboxylic acids is 1. The van der Waals surface area contributed by atoms with Gasteiger partial charge in [-0.1, -0.05) is 26.2 Å². The van der Waals surface area contributed by atoms with E-state index in [4.69, 9.17) is 5.11 Å². The highest BCUT2D eigenvalue weighted by Gasteiger charge is 2.28. The third-order valence-corrected chi connectivity index (χ3v) is 4.79. The van der Waals surface area contributed by atoms with Crippen molar-refractivity contribution < 1.29 is 9.90 Å². The molecule has 0 amide bonds. The van der Waals surface area contributed by atoms with Gasteiger partial charge in [-0.15, -0.1) is 0 Å². The van der Waals surface area contributed by atoms with E-state index in [-0.39, 0.29) is 0 Å². The predicted molar refractivity (Wildman–Crippen MR) is 82.6 cm³/mol. The number of carboxylic acid groups (broad SMARTS) is 1. The molecule has 1 aliphatic carbocycles. The van der Waals surface area contributed by atoms with E-state index in [2.05, 4.69) is 16.5 Å². The van der Waals surface area contributed by atoms with E-state index in [1.165, 1.54) is 32.1 Å². The van der Waals surface area contributed by atoms with Crippen molar-refractivity contribution in [3.63, 3.8) is 0 Å². The lowest BCUT2D eigenvalue weighted by atomic mass is 9.75. The van der Waals surface area contributed by atoms with Crippen molar-refractivity contribution in [1.82, 2.24) is 9.55 Å². The van der Waals surface area contributed by atoms with Crippen LogP contribution in [0.2, 0.25) is 0 Å². The van der Waals surface area contributed by atoms with Gasteiger partial charge in [-0.2, -0.15) is 0 Å². The summed E-state index contributed by atoms with van der Waals surface area (Å²) < 4.78 is 2.26. The van der Waals surface area contributed by atoms with Crippen molar-refractivity contribution in [1.29, 1.82) is 0 Å². The van der Waals surface area contributed by atoms with Crippen LogP contribution in [0.1, 0.15) is 55.2 Å². The van der Waals surface area contributed by atoms with Crippen molar-refractivity contribution in [3.05, 3.63) is 29.6 Å². The van der Waals surface area contributed by atoms with Crippen molar-refractivity contribution in [2.24, 2.45) is 5.41 Å². The summed E-state index contributed by atoms with van der Waals surface area (Å²) in [6.45, 7) is 5.34. The molecule has 1 N–H and O–H groups in total. The second-order valence-corrected chi connectivity index (χ2v) is 6.63. The third kappa shape index (κ3) is 2.67. The van der Waals surface area contributed by atoms with Gasteiger partial charge in [0.25, 0.3) is 0 Å². The number of hydrogen-bond donors (Lipinski definition) is 1. The van der Waals surface area contributed by atoms with Crippen LogP contribution in [0.4, 0.5) is 0 Å². The summed E-state index contributed by atoms with van der Waals surface area (Å²) in [4.78, 5) is 15.6. The number of hydrogen-bond acceptors (Lipinski definition) is 2. The molecular formula is C17H22N2O2. The number of nitrogens with zero attached hydrogens (tertiary/aromatic N) is 2. The van der Waals surface area contributed by atoms with E-state index in [1.807, 2.05) is 13.0 Å².